The molecule has 96 valence electrons. The van der Waals surface area contributed by atoms with Gasteiger partial charge >= 0.3 is 0 Å². The van der Waals surface area contributed by atoms with E-state index in [-0.39, 0.29) is 5.92 Å². The molecule has 0 saturated heterocycles. The van der Waals surface area contributed by atoms with E-state index >= 15 is 0 Å². The molecule has 1 aromatic carbocycles. The summed E-state index contributed by atoms with van der Waals surface area (Å²) in [6, 6.07) is 10.2. The summed E-state index contributed by atoms with van der Waals surface area (Å²) in [4.78, 5) is 0. The van der Waals surface area contributed by atoms with E-state index in [9.17, 15) is 0 Å². The first-order chi connectivity index (χ1) is 8.72. The quantitative estimate of drug-likeness (QED) is 0.875. The number of aromatic nitrogens is 3. The summed E-state index contributed by atoms with van der Waals surface area (Å²) in [7, 11) is 0. The highest BCUT2D eigenvalue weighted by molar-refractivity contribution is 5.25. The van der Waals surface area contributed by atoms with E-state index in [1.54, 1.807) is 6.33 Å². The van der Waals surface area contributed by atoms with Crippen molar-refractivity contribution in [1.29, 1.82) is 0 Å². The Morgan fingerprint density at radius 1 is 1.22 bits per heavy atom. The number of nitrogens with two attached hydrogens (primary N) is 1. The highest BCUT2D eigenvalue weighted by atomic mass is 15.3. The Balaban J connectivity index is 2.31. The fourth-order valence-electron chi connectivity index (χ4n) is 2.14. The maximum atomic E-state index is 5.91. The molecular weight excluding hydrogens is 224 g/mol. The van der Waals surface area contributed by atoms with Crippen LogP contribution in [0.4, 0.5) is 0 Å². The van der Waals surface area contributed by atoms with Crippen LogP contribution in [-0.2, 0) is 6.54 Å². The minimum absolute atomic E-state index is 0.118. The average molecular weight is 244 g/mol. The van der Waals surface area contributed by atoms with Crippen LogP contribution in [-0.4, -0.2) is 21.3 Å². The van der Waals surface area contributed by atoms with Crippen LogP contribution in [0.25, 0.3) is 0 Å². The summed E-state index contributed by atoms with van der Waals surface area (Å²) in [6.45, 7) is 5.83. The number of hydrogen-bond acceptors (Lipinski definition) is 3. The molecule has 18 heavy (non-hydrogen) atoms. The number of nitrogens with zero attached hydrogens (tertiary/aromatic N) is 3. The lowest BCUT2D eigenvalue weighted by atomic mass is 9.98. The zero-order valence-corrected chi connectivity index (χ0v) is 11.0. The van der Waals surface area contributed by atoms with Crippen molar-refractivity contribution >= 4 is 0 Å². The molecule has 0 spiro atoms. The molecule has 2 N–H and O–H groups in total. The second-order valence-electron chi connectivity index (χ2n) is 4.93. The Morgan fingerprint density at radius 3 is 2.56 bits per heavy atom. The zero-order valence-electron chi connectivity index (χ0n) is 11.0. The summed E-state index contributed by atoms with van der Waals surface area (Å²) in [6.07, 6.45) is 1.79. The average Bonchev–Trinajstić information content (AvgIpc) is 2.79. The lowest BCUT2D eigenvalue weighted by Crippen LogP contribution is -2.19. The molecule has 0 bridgehead atoms. The third-order valence-corrected chi connectivity index (χ3v) is 2.96. The normalized spacial score (nSPS) is 12.9. The molecule has 1 aromatic heterocycles. The Labute approximate surface area is 108 Å². The van der Waals surface area contributed by atoms with Crippen molar-refractivity contribution in [2.75, 3.05) is 6.54 Å². The molecule has 4 nitrogen and oxygen atoms in total. The third kappa shape index (κ3) is 2.76. The second-order valence-corrected chi connectivity index (χ2v) is 4.93. The molecule has 1 heterocycles. The number of rotatable bonds is 5. The van der Waals surface area contributed by atoms with E-state index in [4.69, 9.17) is 5.73 Å². The second kappa shape index (κ2) is 5.78. The highest BCUT2D eigenvalue weighted by Crippen LogP contribution is 2.22. The fourth-order valence-corrected chi connectivity index (χ4v) is 2.14. The van der Waals surface area contributed by atoms with Gasteiger partial charge in [-0.2, -0.15) is 0 Å². The van der Waals surface area contributed by atoms with Crippen molar-refractivity contribution in [3.8, 4) is 0 Å². The molecule has 2 rings (SSSR count). The van der Waals surface area contributed by atoms with Gasteiger partial charge in [-0.1, -0.05) is 44.2 Å². The van der Waals surface area contributed by atoms with Crippen LogP contribution in [0.1, 0.15) is 31.2 Å². The Bertz CT molecular complexity index is 476. The molecule has 0 fully saturated rings. The molecule has 0 radical (unpaired) electrons. The van der Waals surface area contributed by atoms with Crippen LogP contribution in [0.5, 0.6) is 0 Å². The van der Waals surface area contributed by atoms with Crippen molar-refractivity contribution in [1.82, 2.24) is 14.8 Å². The van der Waals surface area contributed by atoms with Crippen molar-refractivity contribution in [2.24, 2.45) is 11.7 Å². The smallest absolute Gasteiger partial charge is 0.141 e. The van der Waals surface area contributed by atoms with Gasteiger partial charge in [-0.25, -0.2) is 0 Å². The van der Waals surface area contributed by atoms with Gasteiger partial charge in [-0.15, -0.1) is 10.2 Å². The van der Waals surface area contributed by atoms with Crippen molar-refractivity contribution in [3.05, 3.63) is 48.0 Å². The SMILES string of the molecule is CC(C)Cn1cnnc1C(CN)c1ccccc1. The Morgan fingerprint density at radius 2 is 1.94 bits per heavy atom. The highest BCUT2D eigenvalue weighted by Gasteiger charge is 2.18. The maximum absolute atomic E-state index is 5.91. The summed E-state index contributed by atoms with van der Waals surface area (Å²) >= 11 is 0. The first-order valence-electron chi connectivity index (χ1n) is 6.35. The van der Waals surface area contributed by atoms with Gasteiger partial charge in [0.25, 0.3) is 0 Å². The van der Waals surface area contributed by atoms with E-state index in [0.29, 0.717) is 12.5 Å². The van der Waals surface area contributed by atoms with Crippen LogP contribution in [0.3, 0.4) is 0 Å². The van der Waals surface area contributed by atoms with Crippen molar-refractivity contribution in [2.45, 2.75) is 26.3 Å². The predicted molar refractivity (Wildman–Crippen MR) is 72.2 cm³/mol. The first kappa shape index (κ1) is 12.8. The lowest BCUT2D eigenvalue weighted by molar-refractivity contribution is 0.498. The van der Waals surface area contributed by atoms with E-state index in [2.05, 4.69) is 40.7 Å². The summed E-state index contributed by atoms with van der Waals surface area (Å²) in [5, 5.41) is 8.28. The van der Waals surface area contributed by atoms with Crippen LogP contribution in [0.2, 0.25) is 0 Å². The minimum Gasteiger partial charge on any atom is -0.329 e. The minimum atomic E-state index is 0.118. The van der Waals surface area contributed by atoms with Gasteiger partial charge < -0.3 is 10.3 Å². The molecule has 4 heteroatoms. The summed E-state index contributed by atoms with van der Waals surface area (Å²) in [5.41, 5.74) is 7.11. The summed E-state index contributed by atoms with van der Waals surface area (Å²) < 4.78 is 2.11. The molecular formula is C14H20N4. The van der Waals surface area contributed by atoms with Gasteiger partial charge in [0.2, 0.25) is 0 Å². The molecule has 2 aromatic rings. The van der Waals surface area contributed by atoms with E-state index in [1.807, 2.05) is 18.2 Å². The Hall–Kier alpha value is -1.68. The number of hydrogen-bond donors (Lipinski definition) is 1. The van der Waals surface area contributed by atoms with E-state index < -0.39 is 0 Å². The molecule has 0 amide bonds. The predicted octanol–water partition coefficient (Wildman–Crippen LogP) is 2.02. The Kier molecular flexibility index (Phi) is 4.10. The van der Waals surface area contributed by atoms with E-state index in [0.717, 1.165) is 12.4 Å². The molecule has 0 aliphatic heterocycles. The van der Waals surface area contributed by atoms with Gasteiger partial charge in [0.05, 0.1) is 5.92 Å². The topological polar surface area (TPSA) is 56.7 Å². The van der Waals surface area contributed by atoms with Crippen LogP contribution in [0.15, 0.2) is 36.7 Å². The maximum Gasteiger partial charge on any atom is 0.141 e. The molecule has 1 unspecified atom stereocenters. The molecule has 0 aliphatic rings. The van der Waals surface area contributed by atoms with Gasteiger partial charge in [0.15, 0.2) is 0 Å². The van der Waals surface area contributed by atoms with Crippen molar-refractivity contribution < 1.29 is 0 Å². The first-order valence-corrected chi connectivity index (χ1v) is 6.35. The summed E-state index contributed by atoms with van der Waals surface area (Å²) in [5.74, 6) is 1.64. The fraction of sp³-hybridized carbons (Fsp3) is 0.429. The monoisotopic (exact) mass is 244 g/mol. The van der Waals surface area contributed by atoms with Gasteiger partial charge in [0.1, 0.15) is 12.2 Å². The van der Waals surface area contributed by atoms with Crippen LogP contribution in [0, 0.1) is 5.92 Å². The number of benzene rings is 1. The molecule has 0 aliphatic carbocycles. The van der Waals surface area contributed by atoms with Gasteiger partial charge in [0, 0.05) is 13.1 Å². The third-order valence-electron chi connectivity index (χ3n) is 2.96. The standard InChI is InChI=1S/C14H20N4/c1-11(2)9-18-10-16-17-14(18)13(8-15)12-6-4-3-5-7-12/h3-7,10-11,13H,8-9,15H2,1-2H3. The molecule has 0 saturated carbocycles. The van der Waals surface area contributed by atoms with Crippen LogP contribution < -0.4 is 5.73 Å². The largest absolute Gasteiger partial charge is 0.329 e. The van der Waals surface area contributed by atoms with Crippen LogP contribution >= 0.6 is 0 Å². The lowest BCUT2D eigenvalue weighted by Gasteiger charge is -2.17. The van der Waals surface area contributed by atoms with Gasteiger partial charge in [-0.05, 0) is 11.5 Å². The van der Waals surface area contributed by atoms with E-state index in [1.165, 1.54) is 5.56 Å². The van der Waals surface area contributed by atoms with Crippen molar-refractivity contribution in [3.63, 3.8) is 0 Å². The molecule has 1 atom stereocenters. The van der Waals surface area contributed by atoms with Gasteiger partial charge in [-0.3, -0.25) is 0 Å². The zero-order chi connectivity index (χ0) is 13.0.